The van der Waals surface area contributed by atoms with E-state index in [-0.39, 0.29) is 5.91 Å². The second kappa shape index (κ2) is 6.55. The summed E-state index contributed by atoms with van der Waals surface area (Å²) in [5.74, 6) is 0.948. The summed E-state index contributed by atoms with van der Waals surface area (Å²) in [6.45, 7) is 1.82. The van der Waals surface area contributed by atoms with Crippen molar-refractivity contribution in [2.24, 2.45) is 12.0 Å². The monoisotopic (exact) mass is 382 g/mol. The number of methoxy groups -OCH3 is 2. The molecule has 0 atom stereocenters. The van der Waals surface area contributed by atoms with Crippen LogP contribution >= 0.6 is 11.3 Å². The molecule has 27 heavy (non-hydrogen) atoms. The van der Waals surface area contributed by atoms with Crippen LogP contribution in [0.3, 0.4) is 0 Å². The van der Waals surface area contributed by atoms with Crippen LogP contribution in [0.4, 0.5) is 0 Å². The molecule has 0 spiro atoms. The lowest BCUT2D eigenvalue weighted by atomic mass is 10.3. The molecule has 4 aromatic rings. The van der Waals surface area contributed by atoms with Gasteiger partial charge >= 0.3 is 0 Å². The van der Waals surface area contributed by atoms with Gasteiger partial charge in [0, 0.05) is 25.4 Å². The lowest BCUT2D eigenvalue weighted by Gasteiger charge is -2.07. The van der Waals surface area contributed by atoms with Crippen LogP contribution in [-0.2, 0) is 7.05 Å². The Bertz CT molecular complexity index is 1250. The summed E-state index contributed by atoms with van der Waals surface area (Å²) in [5, 5.41) is 0. The van der Waals surface area contributed by atoms with E-state index in [2.05, 4.69) is 9.98 Å². The molecule has 0 saturated heterocycles. The van der Waals surface area contributed by atoms with E-state index in [1.807, 2.05) is 55.1 Å². The third-order valence-corrected chi connectivity index (χ3v) is 5.51. The van der Waals surface area contributed by atoms with Crippen molar-refractivity contribution in [3.8, 4) is 11.5 Å². The van der Waals surface area contributed by atoms with Crippen molar-refractivity contribution in [1.29, 1.82) is 0 Å². The van der Waals surface area contributed by atoms with Gasteiger partial charge in [-0.1, -0.05) is 17.4 Å². The Hall–Kier alpha value is -3.13. The molecule has 0 fully saturated rings. The Morgan fingerprint density at radius 2 is 1.93 bits per heavy atom. The van der Waals surface area contributed by atoms with Crippen molar-refractivity contribution in [2.75, 3.05) is 14.2 Å². The van der Waals surface area contributed by atoms with Crippen molar-refractivity contribution in [2.45, 2.75) is 6.92 Å². The molecule has 4 rings (SSSR count). The molecular formula is C19H18N4O3S. The average molecular weight is 382 g/mol. The van der Waals surface area contributed by atoms with E-state index in [0.717, 1.165) is 15.9 Å². The van der Waals surface area contributed by atoms with Gasteiger partial charge in [0.05, 0.1) is 30.1 Å². The van der Waals surface area contributed by atoms with Crippen molar-refractivity contribution in [1.82, 2.24) is 14.0 Å². The zero-order chi connectivity index (χ0) is 19.1. The topological polar surface area (TPSA) is 70.1 Å². The lowest BCUT2D eigenvalue weighted by Crippen LogP contribution is -2.14. The van der Waals surface area contributed by atoms with Gasteiger partial charge in [-0.05, 0) is 19.1 Å². The SMILES string of the molecule is COc1cc2sc(=NC(=O)c3c(C)nc4ccccn34)n(C)c2cc1OC. The van der Waals surface area contributed by atoms with Crippen LogP contribution in [-0.4, -0.2) is 34.1 Å². The highest BCUT2D eigenvalue weighted by Crippen LogP contribution is 2.33. The number of rotatable bonds is 3. The van der Waals surface area contributed by atoms with Gasteiger partial charge in [0.15, 0.2) is 16.3 Å². The minimum atomic E-state index is -0.327. The van der Waals surface area contributed by atoms with Crippen LogP contribution in [0, 0.1) is 6.92 Å². The Morgan fingerprint density at radius 3 is 2.67 bits per heavy atom. The number of fused-ring (bicyclic) bond motifs is 2. The van der Waals surface area contributed by atoms with Gasteiger partial charge in [0.25, 0.3) is 5.91 Å². The fourth-order valence-electron chi connectivity index (χ4n) is 3.07. The number of hydrogen-bond acceptors (Lipinski definition) is 5. The second-order valence-electron chi connectivity index (χ2n) is 6.01. The number of carbonyl (C=O) groups excluding carboxylic acids is 1. The summed E-state index contributed by atoms with van der Waals surface area (Å²) in [5.41, 5.74) is 2.77. The standard InChI is InChI=1S/C19H18N4O3S/c1-11-17(23-8-6-5-7-16(23)20-11)18(24)21-19-22(2)12-9-13(25-3)14(26-4)10-15(12)27-19/h5-10H,1-4H3. The molecule has 0 radical (unpaired) electrons. The smallest absolute Gasteiger partial charge is 0.298 e. The van der Waals surface area contributed by atoms with E-state index < -0.39 is 0 Å². The number of aryl methyl sites for hydroxylation is 2. The van der Waals surface area contributed by atoms with Gasteiger partial charge in [-0.3, -0.25) is 9.20 Å². The highest BCUT2D eigenvalue weighted by atomic mass is 32.1. The van der Waals surface area contributed by atoms with E-state index >= 15 is 0 Å². The predicted octanol–water partition coefficient (Wildman–Crippen LogP) is 2.95. The number of imidazole rings is 1. The molecule has 7 nitrogen and oxygen atoms in total. The van der Waals surface area contributed by atoms with Crippen molar-refractivity contribution in [3.63, 3.8) is 0 Å². The highest BCUT2D eigenvalue weighted by molar-refractivity contribution is 7.16. The molecule has 0 aliphatic heterocycles. The Kier molecular flexibility index (Phi) is 4.19. The predicted molar refractivity (Wildman–Crippen MR) is 104 cm³/mol. The zero-order valence-corrected chi connectivity index (χ0v) is 16.2. The summed E-state index contributed by atoms with van der Waals surface area (Å²) in [4.78, 5) is 22.3. The molecule has 3 aromatic heterocycles. The Labute approximate surface area is 159 Å². The van der Waals surface area contributed by atoms with Gasteiger partial charge < -0.3 is 14.0 Å². The number of amides is 1. The van der Waals surface area contributed by atoms with Gasteiger partial charge in [0.2, 0.25) is 0 Å². The normalized spacial score (nSPS) is 12.1. The van der Waals surface area contributed by atoms with Crippen LogP contribution < -0.4 is 14.3 Å². The number of carbonyl (C=O) groups is 1. The fraction of sp³-hybridized carbons (Fsp3) is 0.211. The first-order valence-electron chi connectivity index (χ1n) is 8.27. The third kappa shape index (κ3) is 2.78. The Morgan fingerprint density at radius 1 is 1.19 bits per heavy atom. The summed E-state index contributed by atoms with van der Waals surface area (Å²) in [7, 11) is 5.07. The number of hydrogen-bond donors (Lipinski definition) is 0. The minimum Gasteiger partial charge on any atom is -0.493 e. The van der Waals surface area contributed by atoms with Gasteiger partial charge in [-0.25, -0.2) is 4.98 Å². The van der Waals surface area contributed by atoms with Crippen molar-refractivity contribution < 1.29 is 14.3 Å². The van der Waals surface area contributed by atoms with E-state index in [1.165, 1.54) is 11.3 Å². The number of nitrogens with zero attached hydrogens (tertiary/aromatic N) is 4. The Balaban J connectivity index is 1.88. The molecule has 138 valence electrons. The second-order valence-corrected chi connectivity index (χ2v) is 7.02. The maximum atomic E-state index is 12.9. The van der Waals surface area contributed by atoms with Crippen LogP contribution in [0.5, 0.6) is 11.5 Å². The van der Waals surface area contributed by atoms with E-state index in [4.69, 9.17) is 9.47 Å². The summed E-state index contributed by atoms with van der Waals surface area (Å²) >= 11 is 1.42. The highest BCUT2D eigenvalue weighted by Gasteiger charge is 2.17. The molecule has 0 saturated carbocycles. The molecule has 3 heterocycles. The molecule has 1 aromatic carbocycles. The third-order valence-electron chi connectivity index (χ3n) is 4.42. The summed E-state index contributed by atoms with van der Waals surface area (Å²) < 4.78 is 15.3. The minimum absolute atomic E-state index is 0.327. The molecule has 0 N–H and O–H groups in total. The fourth-order valence-corrected chi connectivity index (χ4v) is 4.10. The number of pyridine rings is 1. The molecule has 0 aliphatic rings. The lowest BCUT2D eigenvalue weighted by molar-refractivity contribution is 0.0991. The maximum absolute atomic E-state index is 12.9. The first kappa shape index (κ1) is 17.3. The number of ether oxygens (including phenoxy) is 2. The van der Waals surface area contributed by atoms with E-state index in [0.29, 0.717) is 27.7 Å². The van der Waals surface area contributed by atoms with Crippen molar-refractivity contribution >= 4 is 33.1 Å². The molecule has 1 amide bonds. The van der Waals surface area contributed by atoms with Gasteiger partial charge in [-0.15, -0.1) is 0 Å². The van der Waals surface area contributed by atoms with Crippen LogP contribution in [0.1, 0.15) is 16.2 Å². The zero-order valence-electron chi connectivity index (χ0n) is 15.4. The van der Waals surface area contributed by atoms with Crippen molar-refractivity contribution in [3.05, 3.63) is 52.7 Å². The van der Waals surface area contributed by atoms with Crippen LogP contribution in [0.2, 0.25) is 0 Å². The quantitative estimate of drug-likeness (QED) is 0.546. The molecule has 8 heteroatoms. The number of thiazole rings is 1. The number of benzene rings is 1. The molecule has 0 bridgehead atoms. The number of aromatic nitrogens is 3. The first-order chi connectivity index (χ1) is 13.0. The largest absolute Gasteiger partial charge is 0.493 e. The first-order valence-corrected chi connectivity index (χ1v) is 9.09. The van der Waals surface area contributed by atoms with Crippen LogP contribution in [0.25, 0.3) is 15.9 Å². The van der Waals surface area contributed by atoms with E-state index in [9.17, 15) is 4.79 Å². The summed E-state index contributed by atoms with van der Waals surface area (Å²) in [6.07, 6.45) is 1.82. The molecular weight excluding hydrogens is 364 g/mol. The van der Waals surface area contributed by atoms with E-state index in [1.54, 1.807) is 18.6 Å². The van der Waals surface area contributed by atoms with Gasteiger partial charge in [-0.2, -0.15) is 4.99 Å². The summed E-state index contributed by atoms with van der Waals surface area (Å²) in [6, 6.07) is 9.39. The van der Waals surface area contributed by atoms with Gasteiger partial charge in [0.1, 0.15) is 11.3 Å². The maximum Gasteiger partial charge on any atom is 0.298 e. The average Bonchev–Trinajstić information content (AvgIpc) is 3.16. The molecule has 0 unspecified atom stereocenters. The molecule has 0 aliphatic carbocycles. The van der Waals surface area contributed by atoms with Crippen LogP contribution in [0.15, 0.2) is 41.5 Å².